The molecular formula is C15H15FN2S2. The highest BCUT2D eigenvalue weighted by Gasteiger charge is 2.02. The van der Waals surface area contributed by atoms with E-state index in [2.05, 4.69) is 10.6 Å². The van der Waals surface area contributed by atoms with E-state index in [0.717, 1.165) is 5.69 Å². The molecule has 0 unspecified atom stereocenters. The summed E-state index contributed by atoms with van der Waals surface area (Å²) in [6.07, 6.45) is 2.03. The summed E-state index contributed by atoms with van der Waals surface area (Å²) in [5, 5.41) is 6.46. The summed E-state index contributed by atoms with van der Waals surface area (Å²) in [5.74, 6) is -0.248. The molecule has 104 valence electrons. The van der Waals surface area contributed by atoms with Crippen molar-refractivity contribution in [2.24, 2.45) is 0 Å². The van der Waals surface area contributed by atoms with Crippen LogP contribution in [0.25, 0.3) is 0 Å². The number of hydrogen-bond donors (Lipinski definition) is 2. The average Bonchev–Trinajstić information content (AvgIpc) is 2.44. The van der Waals surface area contributed by atoms with Gasteiger partial charge in [0, 0.05) is 16.3 Å². The summed E-state index contributed by atoms with van der Waals surface area (Å²) in [6, 6.07) is 12.9. The molecule has 2 aromatic carbocycles. The maximum absolute atomic E-state index is 13.4. The van der Waals surface area contributed by atoms with E-state index in [1.165, 1.54) is 11.0 Å². The lowest BCUT2D eigenvalue weighted by Gasteiger charge is -2.11. The van der Waals surface area contributed by atoms with Crippen LogP contribution in [0.4, 0.5) is 15.8 Å². The Hall–Kier alpha value is -1.59. The van der Waals surface area contributed by atoms with Gasteiger partial charge in [-0.15, -0.1) is 11.8 Å². The first-order valence-corrected chi connectivity index (χ1v) is 7.70. The molecular weight excluding hydrogens is 291 g/mol. The Morgan fingerprint density at radius 1 is 1.05 bits per heavy atom. The first-order valence-electron chi connectivity index (χ1n) is 6.06. The van der Waals surface area contributed by atoms with Gasteiger partial charge < -0.3 is 10.6 Å². The molecule has 0 aromatic heterocycles. The predicted molar refractivity (Wildman–Crippen MR) is 89.2 cm³/mol. The molecule has 0 aliphatic heterocycles. The highest BCUT2D eigenvalue weighted by molar-refractivity contribution is 7.98. The predicted octanol–water partition coefficient (Wildman–Crippen LogP) is 4.66. The molecule has 5 heteroatoms. The molecule has 2 rings (SSSR count). The Morgan fingerprint density at radius 2 is 1.65 bits per heavy atom. The van der Waals surface area contributed by atoms with Crippen molar-refractivity contribution >= 4 is 40.5 Å². The molecule has 0 amide bonds. The molecule has 0 saturated carbocycles. The number of rotatable bonds is 3. The first kappa shape index (κ1) is 14.8. The third-order valence-electron chi connectivity index (χ3n) is 2.78. The van der Waals surface area contributed by atoms with E-state index < -0.39 is 0 Å². The van der Waals surface area contributed by atoms with Crippen molar-refractivity contribution < 1.29 is 4.39 Å². The van der Waals surface area contributed by atoms with Crippen molar-refractivity contribution in [2.75, 3.05) is 16.9 Å². The van der Waals surface area contributed by atoms with Crippen LogP contribution in [0.2, 0.25) is 0 Å². The highest BCUT2D eigenvalue weighted by Crippen LogP contribution is 2.18. The van der Waals surface area contributed by atoms with Gasteiger partial charge in [-0.25, -0.2) is 4.39 Å². The average molecular weight is 306 g/mol. The number of thioether (sulfide) groups is 1. The topological polar surface area (TPSA) is 24.1 Å². The molecule has 0 aliphatic carbocycles. The molecule has 0 saturated heterocycles. The van der Waals surface area contributed by atoms with Crippen molar-refractivity contribution in [1.82, 2.24) is 0 Å². The van der Waals surface area contributed by atoms with Crippen LogP contribution in [0.15, 0.2) is 47.4 Å². The summed E-state index contributed by atoms with van der Waals surface area (Å²) in [6.45, 7) is 1.73. The molecule has 0 heterocycles. The minimum absolute atomic E-state index is 0.248. The summed E-state index contributed by atoms with van der Waals surface area (Å²) in [4.78, 5) is 1.19. The van der Waals surface area contributed by atoms with Gasteiger partial charge in [0.2, 0.25) is 0 Å². The minimum atomic E-state index is -0.248. The molecule has 0 spiro atoms. The van der Waals surface area contributed by atoms with Gasteiger partial charge in [0.15, 0.2) is 5.11 Å². The molecule has 0 radical (unpaired) electrons. The largest absolute Gasteiger partial charge is 0.332 e. The number of nitrogens with one attached hydrogen (secondary N) is 2. The fraction of sp³-hybridized carbons (Fsp3) is 0.133. The third-order valence-corrected chi connectivity index (χ3v) is 3.73. The van der Waals surface area contributed by atoms with Crippen LogP contribution >= 0.6 is 24.0 Å². The second-order valence-electron chi connectivity index (χ2n) is 4.27. The van der Waals surface area contributed by atoms with E-state index in [1.807, 2.05) is 30.5 Å². The number of halogens is 1. The van der Waals surface area contributed by atoms with Crippen LogP contribution in [0, 0.1) is 12.7 Å². The Bertz CT molecular complexity index is 612. The number of benzene rings is 2. The Balaban J connectivity index is 1.99. The van der Waals surface area contributed by atoms with Gasteiger partial charge in [-0.05, 0) is 67.4 Å². The van der Waals surface area contributed by atoms with Crippen LogP contribution in [0.5, 0.6) is 0 Å². The molecule has 0 fully saturated rings. The fourth-order valence-corrected chi connectivity index (χ4v) is 2.28. The lowest BCUT2D eigenvalue weighted by molar-refractivity contribution is 0.619. The zero-order valence-electron chi connectivity index (χ0n) is 11.2. The van der Waals surface area contributed by atoms with Crippen LogP contribution in [-0.2, 0) is 0 Å². The van der Waals surface area contributed by atoms with Gasteiger partial charge >= 0.3 is 0 Å². The van der Waals surface area contributed by atoms with Crippen LogP contribution < -0.4 is 10.6 Å². The zero-order valence-corrected chi connectivity index (χ0v) is 12.9. The van der Waals surface area contributed by atoms with Crippen LogP contribution in [0.1, 0.15) is 5.56 Å². The summed E-state index contributed by atoms with van der Waals surface area (Å²) in [7, 11) is 0. The van der Waals surface area contributed by atoms with Crippen molar-refractivity contribution in [2.45, 2.75) is 11.8 Å². The molecule has 0 bridgehead atoms. The van der Waals surface area contributed by atoms with Crippen molar-refractivity contribution in [3.63, 3.8) is 0 Å². The van der Waals surface area contributed by atoms with E-state index in [1.54, 1.807) is 30.8 Å². The molecule has 2 N–H and O–H groups in total. The van der Waals surface area contributed by atoms with Crippen LogP contribution in [-0.4, -0.2) is 11.4 Å². The van der Waals surface area contributed by atoms with Crippen molar-refractivity contribution in [3.05, 3.63) is 53.8 Å². The molecule has 20 heavy (non-hydrogen) atoms. The van der Waals surface area contributed by atoms with Gasteiger partial charge in [-0.2, -0.15) is 0 Å². The quantitative estimate of drug-likeness (QED) is 0.636. The highest BCUT2D eigenvalue weighted by atomic mass is 32.2. The van der Waals surface area contributed by atoms with Gasteiger partial charge in [-0.3, -0.25) is 0 Å². The van der Waals surface area contributed by atoms with E-state index in [-0.39, 0.29) is 5.82 Å². The number of hydrogen-bond acceptors (Lipinski definition) is 2. The molecule has 2 aromatic rings. The van der Waals surface area contributed by atoms with Gasteiger partial charge in [0.1, 0.15) is 5.82 Å². The van der Waals surface area contributed by atoms with E-state index in [9.17, 15) is 4.39 Å². The second kappa shape index (κ2) is 6.72. The Morgan fingerprint density at radius 3 is 2.25 bits per heavy atom. The summed E-state index contributed by atoms with van der Waals surface area (Å²) < 4.78 is 13.4. The smallest absolute Gasteiger partial charge is 0.175 e. The Labute approximate surface area is 127 Å². The standard InChI is InChI=1S/C15H15FN2S2/c1-10-3-4-12(9-14(10)16)18-15(19)17-11-5-7-13(20-2)8-6-11/h3-9H,1-2H3,(H2,17,18,19). The lowest BCUT2D eigenvalue weighted by Crippen LogP contribution is -2.19. The summed E-state index contributed by atoms with van der Waals surface area (Å²) >= 11 is 6.89. The number of aryl methyl sites for hydroxylation is 1. The second-order valence-corrected chi connectivity index (χ2v) is 5.56. The third kappa shape index (κ3) is 3.95. The SMILES string of the molecule is CSc1ccc(NC(=S)Nc2ccc(C)c(F)c2)cc1. The normalized spacial score (nSPS) is 10.2. The van der Waals surface area contributed by atoms with Gasteiger partial charge in [0.25, 0.3) is 0 Å². The van der Waals surface area contributed by atoms with E-state index in [4.69, 9.17) is 12.2 Å². The van der Waals surface area contributed by atoms with E-state index >= 15 is 0 Å². The van der Waals surface area contributed by atoms with Gasteiger partial charge in [-0.1, -0.05) is 6.07 Å². The van der Waals surface area contributed by atoms with Gasteiger partial charge in [0.05, 0.1) is 0 Å². The molecule has 0 aliphatic rings. The monoisotopic (exact) mass is 306 g/mol. The molecule has 0 atom stereocenters. The fourth-order valence-electron chi connectivity index (χ4n) is 1.64. The Kier molecular flexibility index (Phi) is 4.98. The first-order chi connectivity index (χ1) is 9.58. The number of anilines is 2. The van der Waals surface area contributed by atoms with E-state index in [0.29, 0.717) is 16.4 Å². The van der Waals surface area contributed by atoms with Crippen molar-refractivity contribution in [1.29, 1.82) is 0 Å². The zero-order chi connectivity index (χ0) is 14.5. The molecule has 2 nitrogen and oxygen atoms in total. The lowest BCUT2D eigenvalue weighted by atomic mass is 10.2. The summed E-state index contributed by atoms with van der Waals surface area (Å²) in [5.41, 5.74) is 2.14. The maximum atomic E-state index is 13.4. The van der Waals surface area contributed by atoms with Crippen molar-refractivity contribution in [3.8, 4) is 0 Å². The van der Waals surface area contributed by atoms with Crippen LogP contribution in [0.3, 0.4) is 0 Å². The number of thiocarbonyl (C=S) groups is 1. The minimum Gasteiger partial charge on any atom is -0.332 e. The maximum Gasteiger partial charge on any atom is 0.175 e.